The standard InChI is InChI=1S/C8H7BrFI/c1-2-5-3-6(10)4-7(9)8(5)11/h3-4H,2H2,1H3. The van der Waals surface area contributed by atoms with E-state index < -0.39 is 0 Å². The molecule has 0 bridgehead atoms. The van der Waals surface area contributed by atoms with Crippen LogP contribution >= 0.6 is 38.5 Å². The molecule has 0 spiro atoms. The van der Waals surface area contributed by atoms with Crippen LogP contribution in [0.1, 0.15) is 12.5 Å². The van der Waals surface area contributed by atoms with Gasteiger partial charge in [0.05, 0.1) is 0 Å². The Bertz CT molecular complexity index is 273. The van der Waals surface area contributed by atoms with Gasteiger partial charge in [0, 0.05) is 8.04 Å². The van der Waals surface area contributed by atoms with Crippen molar-refractivity contribution in [1.29, 1.82) is 0 Å². The monoisotopic (exact) mass is 328 g/mol. The van der Waals surface area contributed by atoms with Gasteiger partial charge in [-0.1, -0.05) is 6.92 Å². The molecule has 1 rings (SSSR count). The molecule has 60 valence electrons. The predicted octanol–water partition coefficient (Wildman–Crippen LogP) is 3.76. The van der Waals surface area contributed by atoms with E-state index in [9.17, 15) is 4.39 Å². The summed E-state index contributed by atoms with van der Waals surface area (Å²) in [6.45, 7) is 2.02. The van der Waals surface area contributed by atoms with E-state index in [4.69, 9.17) is 0 Å². The fourth-order valence-electron chi connectivity index (χ4n) is 0.867. The van der Waals surface area contributed by atoms with Crippen molar-refractivity contribution >= 4 is 38.5 Å². The molecule has 0 aliphatic heterocycles. The molecular weight excluding hydrogens is 322 g/mol. The minimum absolute atomic E-state index is 0.172. The summed E-state index contributed by atoms with van der Waals surface area (Å²) in [6, 6.07) is 3.06. The summed E-state index contributed by atoms with van der Waals surface area (Å²) in [5.74, 6) is -0.172. The molecule has 11 heavy (non-hydrogen) atoms. The Hall–Kier alpha value is 0.360. The van der Waals surface area contributed by atoms with Crippen LogP contribution < -0.4 is 0 Å². The first-order chi connectivity index (χ1) is 5.15. The van der Waals surface area contributed by atoms with Gasteiger partial charge in [-0.15, -0.1) is 0 Å². The van der Waals surface area contributed by atoms with Crippen molar-refractivity contribution in [3.8, 4) is 0 Å². The third-order valence-corrected chi connectivity index (χ3v) is 4.09. The van der Waals surface area contributed by atoms with Gasteiger partial charge in [-0.25, -0.2) is 4.39 Å². The molecule has 0 aliphatic rings. The molecule has 0 unspecified atom stereocenters. The Morgan fingerprint density at radius 2 is 2.18 bits per heavy atom. The first-order valence-corrected chi connectivity index (χ1v) is 5.15. The number of halogens is 3. The molecule has 0 amide bonds. The molecule has 0 nitrogen and oxygen atoms in total. The van der Waals surface area contributed by atoms with Gasteiger partial charge in [-0.3, -0.25) is 0 Å². The smallest absolute Gasteiger partial charge is 0.124 e. The lowest BCUT2D eigenvalue weighted by Gasteiger charge is -2.02. The van der Waals surface area contributed by atoms with Gasteiger partial charge in [0.25, 0.3) is 0 Å². The van der Waals surface area contributed by atoms with Gasteiger partial charge in [0.15, 0.2) is 0 Å². The van der Waals surface area contributed by atoms with E-state index in [0.29, 0.717) is 0 Å². The first-order valence-electron chi connectivity index (χ1n) is 3.28. The van der Waals surface area contributed by atoms with E-state index in [1.54, 1.807) is 6.07 Å². The van der Waals surface area contributed by atoms with Crippen molar-refractivity contribution in [3.05, 3.63) is 31.6 Å². The van der Waals surface area contributed by atoms with E-state index in [0.717, 1.165) is 20.0 Å². The first kappa shape index (κ1) is 9.45. The highest BCUT2D eigenvalue weighted by molar-refractivity contribution is 14.1. The van der Waals surface area contributed by atoms with Crippen LogP contribution in [0.2, 0.25) is 0 Å². The zero-order valence-corrected chi connectivity index (χ0v) is 9.74. The molecule has 0 atom stereocenters. The quantitative estimate of drug-likeness (QED) is 0.544. The van der Waals surface area contributed by atoms with E-state index in [1.807, 2.05) is 6.92 Å². The highest BCUT2D eigenvalue weighted by atomic mass is 127. The lowest BCUT2D eigenvalue weighted by Crippen LogP contribution is -1.89. The maximum absolute atomic E-state index is 12.8. The Morgan fingerprint density at radius 3 is 2.73 bits per heavy atom. The van der Waals surface area contributed by atoms with Gasteiger partial charge in [0.1, 0.15) is 5.82 Å². The van der Waals surface area contributed by atoms with Gasteiger partial charge in [-0.2, -0.15) is 0 Å². The Labute approximate surface area is 87.5 Å². The zero-order valence-electron chi connectivity index (χ0n) is 6.00. The Morgan fingerprint density at radius 1 is 1.55 bits per heavy atom. The number of hydrogen-bond acceptors (Lipinski definition) is 0. The molecule has 0 fully saturated rings. The second kappa shape index (κ2) is 3.85. The maximum Gasteiger partial charge on any atom is 0.124 e. The van der Waals surface area contributed by atoms with Crippen LogP contribution in [0.15, 0.2) is 16.6 Å². The van der Waals surface area contributed by atoms with Crippen molar-refractivity contribution in [2.24, 2.45) is 0 Å². The molecule has 0 N–H and O–H groups in total. The molecule has 1 aromatic rings. The van der Waals surface area contributed by atoms with Gasteiger partial charge < -0.3 is 0 Å². The summed E-state index contributed by atoms with van der Waals surface area (Å²) in [5.41, 5.74) is 1.05. The van der Waals surface area contributed by atoms with Crippen molar-refractivity contribution in [2.45, 2.75) is 13.3 Å². The summed E-state index contributed by atoms with van der Waals surface area (Å²) in [4.78, 5) is 0. The van der Waals surface area contributed by atoms with Crippen LogP contribution in [0.25, 0.3) is 0 Å². The fraction of sp³-hybridized carbons (Fsp3) is 0.250. The van der Waals surface area contributed by atoms with Crippen LogP contribution in [0, 0.1) is 9.39 Å². The van der Waals surface area contributed by atoms with Crippen molar-refractivity contribution in [1.82, 2.24) is 0 Å². The molecule has 0 saturated heterocycles. The molecule has 0 heterocycles. The molecular formula is C8H7BrFI. The van der Waals surface area contributed by atoms with Crippen LogP contribution in [0.3, 0.4) is 0 Å². The molecule has 0 aliphatic carbocycles. The van der Waals surface area contributed by atoms with E-state index in [1.165, 1.54) is 6.07 Å². The molecule has 0 radical (unpaired) electrons. The molecule has 1 aromatic carbocycles. The molecule has 0 aromatic heterocycles. The second-order valence-electron chi connectivity index (χ2n) is 2.21. The Kier molecular flexibility index (Phi) is 3.30. The third-order valence-electron chi connectivity index (χ3n) is 1.45. The van der Waals surface area contributed by atoms with E-state index >= 15 is 0 Å². The highest BCUT2D eigenvalue weighted by Gasteiger charge is 2.04. The zero-order chi connectivity index (χ0) is 8.43. The van der Waals surface area contributed by atoms with E-state index in [2.05, 4.69) is 38.5 Å². The SMILES string of the molecule is CCc1cc(F)cc(Br)c1I. The van der Waals surface area contributed by atoms with Crippen LogP contribution in [-0.2, 0) is 6.42 Å². The minimum atomic E-state index is -0.172. The van der Waals surface area contributed by atoms with Crippen LogP contribution in [0.4, 0.5) is 4.39 Å². The van der Waals surface area contributed by atoms with Crippen molar-refractivity contribution < 1.29 is 4.39 Å². The largest absolute Gasteiger partial charge is 0.207 e. The maximum atomic E-state index is 12.8. The van der Waals surface area contributed by atoms with Gasteiger partial charge in [0.2, 0.25) is 0 Å². The topological polar surface area (TPSA) is 0 Å². The lowest BCUT2D eigenvalue weighted by atomic mass is 10.2. The van der Waals surface area contributed by atoms with E-state index in [-0.39, 0.29) is 5.82 Å². The second-order valence-corrected chi connectivity index (χ2v) is 4.15. The van der Waals surface area contributed by atoms with Crippen molar-refractivity contribution in [2.75, 3.05) is 0 Å². The molecule has 0 saturated carbocycles. The average Bonchev–Trinajstić information content (AvgIpc) is 1.96. The summed E-state index contributed by atoms with van der Waals surface area (Å²) < 4.78 is 14.7. The van der Waals surface area contributed by atoms with Crippen LogP contribution in [-0.4, -0.2) is 0 Å². The summed E-state index contributed by atoms with van der Waals surface area (Å²) in [6.07, 6.45) is 0.870. The fourth-order valence-corrected chi connectivity index (χ4v) is 2.03. The third kappa shape index (κ3) is 2.15. The van der Waals surface area contributed by atoms with Crippen LogP contribution in [0.5, 0.6) is 0 Å². The predicted molar refractivity (Wildman–Crippen MR) is 56.2 cm³/mol. The summed E-state index contributed by atoms with van der Waals surface area (Å²) in [7, 11) is 0. The number of rotatable bonds is 1. The number of aryl methyl sites for hydroxylation is 1. The number of benzene rings is 1. The number of hydrogen-bond donors (Lipinski definition) is 0. The van der Waals surface area contributed by atoms with Crippen molar-refractivity contribution in [3.63, 3.8) is 0 Å². The Balaban J connectivity index is 3.24. The minimum Gasteiger partial charge on any atom is -0.207 e. The summed E-state index contributed by atoms with van der Waals surface area (Å²) in [5, 5.41) is 0. The van der Waals surface area contributed by atoms with Gasteiger partial charge in [-0.05, 0) is 62.6 Å². The normalized spacial score (nSPS) is 10.2. The average molecular weight is 329 g/mol. The lowest BCUT2D eigenvalue weighted by molar-refractivity contribution is 0.624. The van der Waals surface area contributed by atoms with Gasteiger partial charge >= 0.3 is 0 Å². The molecule has 3 heteroatoms. The highest BCUT2D eigenvalue weighted by Crippen LogP contribution is 2.24. The summed E-state index contributed by atoms with van der Waals surface area (Å²) >= 11 is 5.50.